The van der Waals surface area contributed by atoms with Crippen LogP contribution in [0.1, 0.15) is 27.7 Å². The number of alkyl halides is 5. The van der Waals surface area contributed by atoms with Crippen molar-refractivity contribution in [2.45, 2.75) is 56.8 Å². The topological polar surface area (TPSA) is 60.3 Å². The number of pyridine rings is 2. The van der Waals surface area contributed by atoms with Crippen LogP contribution in [-0.4, -0.2) is 51.1 Å². The standard InChI is InChI=1S/C23H25F5N4O2S/c1-6-35-18-10-15(31(5)20(33)34-21(2,3)4)11-30-19(18)16-9-14-7-8-32(17(14)12-29-16)13-22(24,25)23(26,27)28/h7-12H,6,13H2,1-5H3. The number of rotatable bonds is 6. The Morgan fingerprint density at radius 1 is 1.11 bits per heavy atom. The van der Waals surface area contributed by atoms with Gasteiger partial charge in [-0.1, -0.05) is 6.92 Å². The van der Waals surface area contributed by atoms with E-state index in [0.717, 1.165) is 9.46 Å². The van der Waals surface area contributed by atoms with Crippen molar-refractivity contribution >= 4 is 34.4 Å². The fourth-order valence-electron chi connectivity index (χ4n) is 3.17. The zero-order chi connectivity index (χ0) is 26.2. The van der Waals surface area contributed by atoms with Gasteiger partial charge in [0.25, 0.3) is 0 Å². The van der Waals surface area contributed by atoms with Crippen LogP contribution < -0.4 is 4.90 Å². The van der Waals surface area contributed by atoms with Gasteiger partial charge in [0.1, 0.15) is 11.3 Å². The molecule has 6 nitrogen and oxygen atoms in total. The zero-order valence-electron chi connectivity index (χ0n) is 19.8. The highest BCUT2D eigenvalue weighted by molar-refractivity contribution is 7.99. The molecule has 0 saturated heterocycles. The molecule has 3 aromatic heterocycles. The predicted molar refractivity (Wildman–Crippen MR) is 125 cm³/mol. The van der Waals surface area contributed by atoms with E-state index in [1.807, 2.05) is 6.92 Å². The molecule has 0 fully saturated rings. The van der Waals surface area contributed by atoms with Crippen LogP contribution in [0, 0.1) is 0 Å². The lowest BCUT2D eigenvalue weighted by Gasteiger charge is -2.25. The summed E-state index contributed by atoms with van der Waals surface area (Å²) in [6.45, 7) is 5.69. The van der Waals surface area contributed by atoms with E-state index in [0.29, 0.717) is 28.2 Å². The summed E-state index contributed by atoms with van der Waals surface area (Å²) in [6, 6.07) is 4.79. The Kier molecular flexibility index (Phi) is 7.35. The normalized spacial score (nSPS) is 12.7. The monoisotopic (exact) mass is 516 g/mol. The van der Waals surface area contributed by atoms with Crippen LogP contribution >= 0.6 is 11.8 Å². The van der Waals surface area contributed by atoms with Crippen molar-refractivity contribution < 1.29 is 31.5 Å². The first-order valence-electron chi connectivity index (χ1n) is 10.6. The molecule has 3 rings (SSSR count). The second-order valence-electron chi connectivity index (χ2n) is 8.79. The molecule has 0 aliphatic rings. The minimum absolute atomic E-state index is 0.142. The fraction of sp³-hybridized carbons (Fsp3) is 0.435. The Bertz CT molecular complexity index is 1220. The summed E-state index contributed by atoms with van der Waals surface area (Å²) in [4.78, 5) is 23.2. The van der Waals surface area contributed by atoms with Crippen LogP contribution in [0.4, 0.5) is 32.4 Å². The van der Waals surface area contributed by atoms with Crippen molar-refractivity contribution in [3.8, 4) is 11.4 Å². The number of fused-ring (bicyclic) bond motifs is 1. The highest BCUT2D eigenvalue weighted by atomic mass is 32.2. The lowest BCUT2D eigenvalue weighted by molar-refractivity contribution is -0.286. The molecule has 0 aromatic carbocycles. The maximum atomic E-state index is 13.5. The van der Waals surface area contributed by atoms with E-state index in [2.05, 4.69) is 9.97 Å². The third-order valence-electron chi connectivity index (χ3n) is 4.88. The molecule has 1 amide bonds. The molecule has 3 heterocycles. The fourth-order valence-corrected chi connectivity index (χ4v) is 3.98. The van der Waals surface area contributed by atoms with Gasteiger partial charge < -0.3 is 9.30 Å². The smallest absolute Gasteiger partial charge is 0.443 e. The minimum Gasteiger partial charge on any atom is -0.443 e. The van der Waals surface area contributed by atoms with E-state index in [-0.39, 0.29) is 5.52 Å². The second-order valence-corrected chi connectivity index (χ2v) is 10.1. The Balaban J connectivity index is 1.94. The number of ether oxygens (including phenoxy) is 1. The molecular formula is C23H25F5N4O2S. The van der Waals surface area contributed by atoms with E-state index in [1.165, 1.54) is 41.3 Å². The number of hydrogen-bond acceptors (Lipinski definition) is 5. The van der Waals surface area contributed by atoms with Gasteiger partial charge in [0.05, 0.1) is 35.8 Å². The van der Waals surface area contributed by atoms with Gasteiger partial charge in [-0.2, -0.15) is 22.0 Å². The largest absolute Gasteiger partial charge is 0.455 e. The molecule has 3 aromatic rings. The lowest BCUT2D eigenvalue weighted by Crippen LogP contribution is -2.40. The molecule has 0 spiro atoms. The molecule has 0 atom stereocenters. The molecule has 0 radical (unpaired) electrons. The van der Waals surface area contributed by atoms with Crippen LogP contribution in [0.5, 0.6) is 0 Å². The molecule has 0 aliphatic carbocycles. The van der Waals surface area contributed by atoms with E-state index >= 15 is 0 Å². The van der Waals surface area contributed by atoms with Gasteiger partial charge in [-0.05, 0) is 44.7 Å². The van der Waals surface area contributed by atoms with E-state index in [9.17, 15) is 26.7 Å². The number of aromatic nitrogens is 3. The van der Waals surface area contributed by atoms with Crippen LogP contribution in [-0.2, 0) is 11.3 Å². The Hall–Kier alpha value is -2.89. The van der Waals surface area contributed by atoms with Crippen LogP contribution in [0.25, 0.3) is 22.3 Å². The van der Waals surface area contributed by atoms with E-state index in [1.54, 1.807) is 40.0 Å². The molecule has 0 bridgehead atoms. The number of thioether (sulfide) groups is 1. The van der Waals surface area contributed by atoms with Gasteiger partial charge in [0.2, 0.25) is 0 Å². The quantitative estimate of drug-likeness (QED) is 0.267. The predicted octanol–water partition coefficient (Wildman–Crippen LogP) is 6.78. The Morgan fingerprint density at radius 3 is 2.40 bits per heavy atom. The first-order chi connectivity index (χ1) is 16.1. The van der Waals surface area contributed by atoms with Gasteiger partial charge in [0, 0.05) is 23.5 Å². The van der Waals surface area contributed by atoms with Crippen molar-refractivity contribution in [1.82, 2.24) is 14.5 Å². The van der Waals surface area contributed by atoms with Crippen molar-refractivity contribution in [1.29, 1.82) is 0 Å². The lowest BCUT2D eigenvalue weighted by atomic mass is 10.2. The second kappa shape index (κ2) is 9.63. The summed E-state index contributed by atoms with van der Waals surface area (Å²) in [7, 11) is 1.56. The average Bonchev–Trinajstić information content (AvgIpc) is 3.12. The summed E-state index contributed by atoms with van der Waals surface area (Å²) in [5.41, 5.74) is 0.886. The summed E-state index contributed by atoms with van der Waals surface area (Å²) >= 11 is 1.46. The SMILES string of the molecule is CCSc1cc(N(C)C(=O)OC(C)(C)C)cnc1-c1cc2ccn(CC(F)(F)C(F)(F)F)c2cn1. The van der Waals surface area contributed by atoms with Crippen LogP contribution in [0.15, 0.2) is 41.7 Å². The maximum absolute atomic E-state index is 13.5. The van der Waals surface area contributed by atoms with Crippen molar-refractivity contribution in [3.63, 3.8) is 0 Å². The van der Waals surface area contributed by atoms with Crippen LogP contribution in [0.3, 0.4) is 0 Å². The number of hydrogen-bond donors (Lipinski definition) is 0. The Labute approximate surface area is 203 Å². The van der Waals surface area contributed by atoms with Gasteiger partial charge in [-0.15, -0.1) is 11.8 Å². The molecule has 0 unspecified atom stereocenters. The summed E-state index contributed by atoms with van der Waals surface area (Å²) in [5.74, 6) is -4.18. The highest BCUT2D eigenvalue weighted by Gasteiger charge is 2.57. The third-order valence-corrected chi connectivity index (χ3v) is 5.79. The number of carbonyl (C=O) groups is 1. The number of carbonyl (C=O) groups excluding carboxylic acids is 1. The molecule has 0 N–H and O–H groups in total. The summed E-state index contributed by atoms with van der Waals surface area (Å²) in [6.07, 6.45) is -2.29. The molecule has 0 aliphatic heterocycles. The maximum Gasteiger partial charge on any atom is 0.455 e. The van der Waals surface area contributed by atoms with E-state index < -0.39 is 30.3 Å². The molecule has 190 valence electrons. The van der Waals surface area contributed by atoms with Gasteiger partial charge >= 0.3 is 18.2 Å². The van der Waals surface area contributed by atoms with Crippen LogP contribution in [0.2, 0.25) is 0 Å². The minimum atomic E-state index is -5.65. The first-order valence-corrected chi connectivity index (χ1v) is 11.6. The van der Waals surface area contributed by atoms with Crippen molar-refractivity contribution in [3.05, 3.63) is 36.8 Å². The van der Waals surface area contributed by atoms with Crippen molar-refractivity contribution in [2.75, 3.05) is 17.7 Å². The highest BCUT2D eigenvalue weighted by Crippen LogP contribution is 2.38. The number of nitrogens with zero attached hydrogens (tertiary/aromatic N) is 4. The van der Waals surface area contributed by atoms with Gasteiger partial charge in [-0.25, -0.2) is 4.79 Å². The summed E-state index contributed by atoms with van der Waals surface area (Å²) in [5, 5.41) is 0.442. The van der Waals surface area contributed by atoms with Crippen molar-refractivity contribution in [2.24, 2.45) is 0 Å². The summed E-state index contributed by atoms with van der Waals surface area (Å²) < 4.78 is 71.2. The molecule has 0 saturated carbocycles. The molecule has 12 heteroatoms. The molecular weight excluding hydrogens is 491 g/mol. The first kappa shape index (κ1) is 26.7. The molecule has 35 heavy (non-hydrogen) atoms. The van der Waals surface area contributed by atoms with Gasteiger partial charge in [-0.3, -0.25) is 14.9 Å². The third kappa shape index (κ3) is 6.03. The number of anilines is 1. The zero-order valence-corrected chi connectivity index (χ0v) is 20.6. The number of amides is 1. The Morgan fingerprint density at radius 2 is 1.80 bits per heavy atom. The average molecular weight is 517 g/mol. The van der Waals surface area contributed by atoms with Gasteiger partial charge in [0.15, 0.2) is 0 Å². The number of halogens is 5. The van der Waals surface area contributed by atoms with E-state index in [4.69, 9.17) is 4.74 Å².